The van der Waals surface area contributed by atoms with Crippen LogP contribution >= 0.6 is 0 Å². The summed E-state index contributed by atoms with van der Waals surface area (Å²) in [5, 5.41) is 0.957. The molecule has 0 aliphatic carbocycles. The number of carbonyl (C=O) groups excluding carboxylic acids is 1. The molecule has 0 saturated carbocycles. The molecule has 3 aromatic carbocycles. The van der Waals surface area contributed by atoms with Gasteiger partial charge < -0.3 is 0 Å². The first-order valence-electron chi connectivity index (χ1n) is 8.65. The van der Waals surface area contributed by atoms with E-state index in [1.54, 1.807) is 30.3 Å². The highest BCUT2D eigenvalue weighted by Gasteiger charge is 2.31. The van der Waals surface area contributed by atoms with Gasteiger partial charge in [-0.1, -0.05) is 30.3 Å². The maximum Gasteiger partial charge on any atom is 0.268 e. The molecule has 0 fully saturated rings. The molecule has 1 amide bonds. The lowest BCUT2D eigenvalue weighted by Crippen LogP contribution is -2.46. The molecule has 0 bridgehead atoms. The van der Waals surface area contributed by atoms with E-state index in [9.17, 15) is 22.0 Å². The van der Waals surface area contributed by atoms with Gasteiger partial charge in [0, 0.05) is 12.6 Å². The Kier molecular flexibility index (Phi) is 6.05. The zero-order valence-corrected chi connectivity index (χ0v) is 16.3. The van der Waals surface area contributed by atoms with E-state index in [-0.39, 0.29) is 17.0 Å². The molecule has 5 nitrogen and oxygen atoms in total. The molecular weight excluding hydrogens is 398 g/mol. The molecule has 0 N–H and O–H groups in total. The van der Waals surface area contributed by atoms with Gasteiger partial charge in [0.05, 0.1) is 11.4 Å². The maximum absolute atomic E-state index is 13.3. The molecule has 0 aromatic heterocycles. The highest BCUT2D eigenvalue weighted by Crippen LogP contribution is 2.22. The van der Waals surface area contributed by atoms with Gasteiger partial charge in [0.15, 0.2) is 0 Å². The quantitative estimate of drug-likeness (QED) is 0.574. The van der Waals surface area contributed by atoms with Crippen LogP contribution in [-0.4, -0.2) is 30.8 Å². The van der Waals surface area contributed by atoms with Crippen LogP contribution in [0.3, 0.4) is 0 Å². The molecule has 150 valence electrons. The van der Waals surface area contributed by atoms with Crippen molar-refractivity contribution in [1.29, 1.82) is 0 Å². The molecule has 0 unspecified atom stereocenters. The largest absolute Gasteiger partial charge is 0.268 e. The number of rotatable bonds is 6. The van der Waals surface area contributed by atoms with Crippen molar-refractivity contribution in [3.63, 3.8) is 0 Å². The monoisotopic (exact) mass is 416 g/mol. The molecule has 0 aliphatic heterocycles. The third-order valence-corrected chi connectivity index (χ3v) is 6.07. The van der Waals surface area contributed by atoms with Gasteiger partial charge in [0.2, 0.25) is 0 Å². The standard InChI is InChI=1S/C21H18F2N2O3S/c1-24(21(26)17-7-9-18(22)10-8-17)25(15-16-5-3-2-4-6-16)29(27,28)20-13-11-19(23)12-14-20/h2-14H,15H2,1H3. The average Bonchev–Trinajstić information content (AvgIpc) is 2.72. The van der Waals surface area contributed by atoms with Gasteiger partial charge in [-0.05, 0) is 54.1 Å². The summed E-state index contributed by atoms with van der Waals surface area (Å²) in [6.45, 7) is -0.121. The number of hydrogen-bond donors (Lipinski definition) is 0. The van der Waals surface area contributed by atoms with E-state index in [0.29, 0.717) is 5.56 Å². The van der Waals surface area contributed by atoms with Crippen molar-refractivity contribution in [2.24, 2.45) is 0 Å². The lowest BCUT2D eigenvalue weighted by Gasteiger charge is -2.31. The average molecular weight is 416 g/mol. The third-order valence-electron chi connectivity index (χ3n) is 4.27. The third kappa shape index (κ3) is 4.67. The zero-order valence-electron chi connectivity index (χ0n) is 15.5. The highest BCUT2D eigenvalue weighted by molar-refractivity contribution is 7.89. The Morgan fingerprint density at radius 3 is 1.90 bits per heavy atom. The summed E-state index contributed by atoms with van der Waals surface area (Å²) < 4.78 is 53.8. The first kappa shape index (κ1) is 20.6. The minimum atomic E-state index is -4.18. The smallest absolute Gasteiger partial charge is 0.268 e. The second kappa shape index (κ2) is 8.50. The van der Waals surface area contributed by atoms with Crippen LogP contribution in [0.1, 0.15) is 15.9 Å². The van der Waals surface area contributed by atoms with E-state index in [4.69, 9.17) is 0 Å². The number of halogens is 2. The van der Waals surface area contributed by atoms with Crippen LogP contribution in [0.5, 0.6) is 0 Å². The molecule has 0 radical (unpaired) electrons. The first-order valence-corrected chi connectivity index (χ1v) is 10.1. The second-order valence-corrected chi connectivity index (χ2v) is 8.10. The minimum Gasteiger partial charge on any atom is -0.268 e. The van der Waals surface area contributed by atoms with E-state index in [1.165, 1.54) is 19.2 Å². The van der Waals surface area contributed by atoms with Crippen molar-refractivity contribution in [3.05, 3.63) is 102 Å². The Bertz CT molecular complexity index is 1090. The summed E-state index contributed by atoms with van der Waals surface area (Å²) in [5.74, 6) is -1.72. The van der Waals surface area contributed by atoms with E-state index in [0.717, 1.165) is 45.8 Å². The summed E-state index contributed by atoms with van der Waals surface area (Å²) in [7, 11) is -2.86. The summed E-state index contributed by atoms with van der Waals surface area (Å²) in [6.07, 6.45) is 0. The number of nitrogens with zero attached hydrogens (tertiary/aromatic N) is 2. The van der Waals surface area contributed by atoms with Crippen LogP contribution in [-0.2, 0) is 16.6 Å². The summed E-state index contributed by atoms with van der Waals surface area (Å²) in [4.78, 5) is 12.7. The fourth-order valence-corrected chi connectivity index (χ4v) is 4.14. The maximum atomic E-state index is 13.3. The van der Waals surface area contributed by atoms with E-state index >= 15 is 0 Å². The van der Waals surface area contributed by atoms with Crippen molar-refractivity contribution in [2.75, 3.05) is 7.05 Å². The molecule has 8 heteroatoms. The van der Waals surface area contributed by atoms with Gasteiger partial charge in [-0.15, -0.1) is 4.41 Å². The van der Waals surface area contributed by atoms with Crippen LogP contribution in [0.4, 0.5) is 8.78 Å². The summed E-state index contributed by atoms with van der Waals surface area (Å²) in [6, 6.07) is 17.9. The highest BCUT2D eigenvalue weighted by atomic mass is 32.2. The Hall–Kier alpha value is -3.10. The van der Waals surface area contributed by atoms with E-state index in [2.05, 4.69) is 0 Å². The predicted molar refractivity (Wildman–Crippen MR) is 104 cm³/mol. The summed E-state index contributed by atoms with van der Waals surface area (Å²) in [5.41, 5.74) is 0.776. The molecule has 0 atom stereocenters. The van der Waals surface area contributed by atoms with Gasteiger partial charge in [-0.2, -0.15) is 0 Å². The Morgan fingerprint density at radius 2 is 1.34 bits per heavy atom. The van der Waals surface area contributed by atoms with Gasteiger partial charge in [0.1, 0.15) is 11.6 Å². The molecule has 0 saturated heterocycles. The van der Waals surface area contributed by atoms with Crippen molar-refractivity contribution < 1.29 is 22.0 Å². The van der Waals surface area contributed by atoms with Crippen LogP contribution < -0.4 is 0 Å². The topological polar surface area (TPSA) is 57.7 Å². The number of carbonyl (C=O) groups is 1. The number of hydrazine groups is 1. The molecule has 0 aliphatic rings. The van der Waals surface area contributed by atoms with Gasteiger partial charge in [-0.25, -0.2) is 17.2 Å². The predicted octanol–water partition coefficient (Wildman–Crippen LogP) is 3.84. The second-order valence-electron chi connectivity index (χ2n) is 6.26. The van der Waals surface area contributed by atoms with Crippen LogP contribution in [0, 0.1) is 11.6 Å². The normalized spacial score (nSPS) is 11.4. The Labute approximate surface area is 167 Å². The van der Waals surface area contributed by atoms with Crippen LogP contribution in [0.15, 0.2) is 83.8 Å². The summed E-state index contributed by atoms with van der Waals surface area (Å²) >= 11 is 0. The van der Waals surface area contributed by atoms with Crippen molar-refractivity contribution in [3.8, 4) is 0 Å². The van der Waals surface area contributed by atoms with Crippen LogP contribution in [0.25, 0.3) is 0 Å². The molecule has 29 heavy (non-hydrogen) atoms. The lowest BCUT2D eigenvalue weighted by molar-refractivity contribution is 0.0441. The van der Waals surface area contributed by atoms with Crippen molar-refractivity contribution in [2.45, 2.75) is 11.4 Å². The molecule has 0 heterocycles. The van der Waals surface area contributed by atoms with Gasteiger partial charge >= 0.3 is 0 Å². The molecular formula is C21H18F2N2O3S. The lowest BCUT2D eigenvalue weighted by atomic mass is 10.2. The molecule has 0 spiro atoms. The van der Waals surface area contributed by atoms with E-state index in [1.807, 2.05) is 0 Å². The number of sulfonamides is 1. The van der Waals surface area contributed by atoms with Crippen LogP contribution in [0.2, 0.25) is 0 Å². The number of hydrogen-bond acceptors (Lipinski definition) is 3. The molecule has 3 aromatic rings. The van der Waals surface area contributed by atoms with Gasteiger partial charge in [-0.3, -0.25) is 9.80 Å². The molecule has 3 rings (SSSR count). The Balaban J connectivity index is 2.01. The zero-order chi connectivity index (χ0) is 21.0. The Morgan fingerprint density at radius 1 is 0.828 bits per heavy atom. The number of amides is 1. The number of benzene rings is 3. The fourth-order valence-electron chi connectivity index (χ4n) is 2.70. The SMILES string of the molecule is CN(C(=O)c1ccc(F)cc1)N(Cc1ccccc1)S(=O)(=O)c1ccc(F)cc1. The minimum absolute atomic E-state index is 0.121. The van der Waals surface area contributed by atoms with Crippen molar-refractivity contribution >= 4 is 15.9 Å². The van der Waals surface area contributed by atoms with E-state index < -0.39 is 27.6 Å². The van der Waals surface area contributed by atoms with Gasteiger partial charge in [0.25, 0.3) is 15.9 Å². The first-order chi connectivity index (χ1) is 13.8. The fraction of sp³-hybridized carbons (Fsp3) is 0.0952. The van der Waals surface area contributed by atoms with Crippen molar-refractivity contribution in [1.82, 2.24) is 9.42 Å².